The summed E-state index contributed by atoms with van der Waals surface area (Å²) in [6.45, 7) is 5.62. The second kappa shape index (κ2) is 10.4. The van der Waals surface area contributed by atoms with E-state index in [4.69, 9.17) is 9.84 Å². The zero-order valence-electron chi connectivity index (χ0n) is 17.7. The Hall–Kier alpha value is -2.87. The van der Waals surface area contributed by atoms with Crippen LogP contribution in [0.3, 0.4) is 0 Å². The Bertz CT molecular complexity index is 941. The summed E-state index contributed by atoms with van der Waals surface area (Å²) in [6.07, 6.45) is -4.47. The number of halogens is 3. The lowest BCUT2D eigenvalue weighted by Crippen LogP contribution is -2.22. The average molecular weight is 437 g/mol. The topological polar surface area (TPSA) is 75.6 Å². The predicted molar refractivity (Wildman–Crippen MR) is 111 cm³/mol. The molecule has 2 N–H and O–H groups in total. The number of hydrogen-bond donors (Lipinski definition) is 2. The van der Waals surface area contributed by atoms with Gasteiger partial charge in [-0.15, -0.1) is 0 Å². The van der Waals surface area contributed by atoms with Crippen molar-refractivity contribution in [1.29, 1.82) is 0 Å². The maximum atomic E-state index is 13.4. The third-order valence-corrected chi connectivity index (χ3v) is 4.76. The minimum Gasteiger partial charge on any atom is -0.493 e. The highest BCUT2D eigenvalue weighted by atomic mass is 19.4. The van der Waals surface area contributed by atoms with E-state index >= 15 is 0 Å². The van der Waals surface area contributed by atoms with Crippen molar-refractivity contribution in [2.24, 2.45) is 0 Å². The fourth-order valence-corrected chi connectivity index (χ4v) is 3.27. The van der Waals surface area contributed by atoms with Gasteiger partial charge >= 0.3 is 12.1 Å². The van der Waals surface area contributed by atoms with Crippen molar-refractivity contribution >= 4 is 11.8 Å². The first-order valence-corrected chi connectivity index (χ1v) is 9.94. The van der Waals surface area contributed by atoms with Gasteiger partial charge in [0.1, 0.15) is 11.5 Å². The molecule has 2 aromatic rings. The quantitative estimate of drug-likeness (QED) is 0.545. The minimum atomic E-state index is -4.51. The zero-order valence-corrected chi connectivity index (χ0v) is 17.7. The summed E-state index contributed by atoms with van der Waals surface area (Å²) in [5, 5.41) is 12.2. The molecule has 0 spiro atoms. The van der Waals surface area contributed by atoms with Crippen molar-refractivity contribution in [2.45, 2.75) is 45.8 Å². The maximum Gasteiger partial charge on any atom is 0.416 e. The molecule has 0 heterocycles. The molecule has 0 saturated heterocycles. The molecule has 168 valence electrons. The maximum absolute atomic E-state index is 13.4. The number of benzene rings is 2. The largest absolute Gasteiger partial charge is 0.493 e. The van der Waals surface area contributed by atoms with Gasteiger partial charge in [-0.1, -0.05) is 12.1 Å². The van der Waals surface area contributed by atoms with Gasteiger partial charge in [-0.05, 0) is 61.7 Å². The number of aliphatic carboxylic acids is 1. The molecule has 1 unspecified atom stereocenters. The molecule has 0 aliphatic rings. The third-order valence-electron chi connectivity index (χ3n) is 4.76. The van der Waals surface area contributed by atoms with Gasteiger partial charge in [0.2, 0.25) is 0 Å². The Kier molecular flexibility index (Phi) is 8.21. The van der Waals surface area contributed by atoms with Gasteiger partial charge in [0, 0.05) is 24.6 Å². The number of alkyl halides is 3. The molecular formula is C23H26F3NO4. The number of hydrogen-bond acceptors (Lipinski definition) is 4. The summed E-state index contributed by atoms with van der Waals surface area (Å²) < 4.78 is 45.8. The number of ketones is 1. The monoisotopic (exact) mass is 437 g/mol. The Morgan fingerprint density at radius 1 is 1.13 bits per heavy atom. The zero-order chi connectivity index (χ0) is 23.2. The predicted octanol–water partition coefficient (Wildman–Crippen LogP) is 5.03. The lowest BCUT2D eigenvalue weighted by Gasteiger charge is -2.22. The Balaban J connectivity index is 2.60. The van der Waals surface area contributed by atoms with Crippen LogP contribution >= 0.6 is 0 Å². The number of ether oxygens (including phenoxy) is 1. The summed E-state index contributed by atoms with van der Waals surface area (Å²) in [5.74, 6) is -0.584. The number of rotatable bonds is 10. The van der Waals surface area contributed by atoms with Crippen LogP contribution in [0, 0.1) is 0 Å². The Labute approximate surface area is 179 Å². The third kappa shape index (κ3) is 6.82. The number of Topliss-reactive ketones (excluding diaryl/α,β-unsaturated/α-hetero) is 1. The van der Waals surface area contributed by atoms with Crippen molar-refractivity contribution in [1.82, 2.24) is 5.32 Å². The fourth-order valence-electron chi connectivity index (χ4n) is 3.27. The molecule has 0 aliphatic carbocycles. The molecular weight excluding hydrogens is 411 g/mol. The van der Waals surface area contributed by atoms with Crippen LogP contribution in [0.5, 0.6) is 5.75 Å². The van der Waals surface area contributed by atoms with Gasteiger partial charge in [-0.25, -0.2) is 0 Å². The number of nitrogens with one attached hydrogen (secondary N) is 1. The second-order valence-corrected chi connectivity index (χ2v) is 7.26. The Morgan fingerprint density at radius 3 is 2.42 bits per heavy atom. The van der Waals surface area contributed by atoms with Crippen LogP contribution in [0.4, 0.5) is 13.2 Å². The molecule has 31 heavy (non-hydrogen) atoms. The molecule has 0 radical (unpaired) electrons. The summed E-state index contributed by atoms with van der Waals surface area (Å²) in [5.41, 5.74) is 1.13. The summed E-state index contributed by atoms with van der Waals surface area (Å²) in [7, 11) is 0. The number of carbonyl (C=O) groups excluding carboxylic acids is 1. The van der Waals surface area contributed by atoms with E-state index in [1.165, 1.54) is 13.0 Å². The molecule has 2 rings (SSSR count). The molecule has 0 aliphatic heterocycles. The molecule has 5 nitrogen and oxygen atoms in total. The molecule has 8 heteroatoms. The molecule has 0 fully saturated rings. The van der Waals surface area contributed by atoms with Crippen molar-refractivity contribution in [2.75, 3.05) is 13.2 Å². The average Bonchev–Trinajstić information content (AvgIpc) is 2.67. The smallest absolute Gasteiger partial charge is 0.416 e. The van der Waals surface area contributed by atoms with Crippen molar-refractivity contribution in [3.8, 4) is 16.9 Å². The van der Waals surface area contributed by atoms with Crippen LogP contribution in [0.25, 0.3) is 11.1 Å². The first kappa shape index (κ1) is 24.4. The molecule has 0 aromatic heterocycles. The van der Waals surface area contributed by atoms with E-state index in [1.54, 1.807) is 32.0 Å². The van der Waals surface area contributed by atoms with E-state index in [0.717, 1.165) is 12.1 Å². The van der Waals surface area contributed by atoms with Crippen LogP contribution in [0.15, 0.2) is 36.4 Å². The van der Waals surface area contributed by atoms with Gasteiger partial charge in [-0.3, -0.25) is 9.59 Å². The van der Waals surface area contributed by atoms with Crippen LogP contribution in [0.2, 0.25) is 0 Å². The van der Waals surface area contributed by atoms with Gasteiger partial charge in [0.15, 0.2) is 0 Å². The number of carboxylic acid groups (broad SMARTS) is 1. The summed E-state index contributed by atoms with van der Waals surface area (Å²) in [6, 6.07) is 7.86. The summed E-state index contributed by atoms with van der Waals surface area (Å²) in [4.78, 5) is 22.4. The van der Waals surface area contributed by atoms with Gasteiger partial charge in [0.05, 0.1) is 18.6 Å². The van der Waals surface area contributed by atoms with E-state index < -0.39 is 23.8 Å². The van der Waals surface area contributed by atoms with Gasteiger partial charge in [0.25, 0.3) is 0 Å². The molecule has 1 atom stereocenters. The minimum absolute atomic E-state index is 0.0241. The highest BCUT2D eigenvalue weighted by molar-refractivity contribution is 5.77. The number of carboxylic acids is 1. The summed E-state index contributed by atoms with van der Waals surface area (Å²) >= 11 is 0. The normalized spacial score (nSPS) is 12.5. The van der Waals surface area contributed by atoms with Crippen LogP contribution in [0.1, 0.15) is 49.9 Å². The standard InChI is InChI=1S/C23H26F3NO4/c1-4-31-21-8-5-16(12-22(29)30)11-20(21)18-7-6-17(23(24,25)26)13-19(18)15(3)27-10-9-14(2)28/h5-8,11,13,15,27H,4,9-10,12H2,1-3H3,(H,29,30). The molecule has 0 bridgehead atoms. The lowest BCUT2D eigenvalue weighted by atomic mass is 9.91. The second-order valence-electron chi connectivity index (χ2n) is 7.26. The van der Waals surface area contributed by atoms with Gasteiger partial charge in [-0.2, -0.15) is 13.2 Å². The van der Waals surface area contributed by atoms with E-state index in [1.807, 2.05) is 0 Å². The van der Waals surface area contributed by atoms with Crippen molar-refractivity contribution in [3.05, 3.63) is 53.1 Å². The first-order chi connectivity index (χ1) is 14.5. The van der Waals surface area contributed by atoms with E-state index in [-0.39, 0.29) is 18.6 Å². The van der Waals surface area contributed by atoms with E-state index in [2.05, 4.69) is 5.32 Å². The Morgan fingerprint density at radius 2 is 1.84 bits per heavy atom. The SMILES string of the molecule is CCOc1ccc(CC(=O)O)cc1-c1ccc(C(F)(F)F)cc1C(C)NCCC(C)=O. The molecule has 0 saturated carbocycles. The van der Waals surface area contributed by atoms with E-state index in [0.29, 0.717) is 41.2 Å². The molecule has 2 aromatic carbocycles. The highest BCUT2D eigenvalue weighted by Crippen LogP contribution is 2.39. The van der Waals surface area contributed by atoms with Crippen LogP contribution < -0.4 is 10.1 Å². The first-order valence-electron chi connectivity index (χ1n) is 9.94. The van der Waals surface area contributed by atoms with Gasteiger partial charge < -0.3 is 15.2 Å². The van der Waals surface area contributed by atoms with E-state index in [9.17, 15) is 22.8 Å². The fraction of sp³-hybridized carbons (Fsp3) is 0.391. The van der Waals surface area contributed by atoms with Crippen molar-refractivity contribution in [3.63, 3.8) is 0 Å². The van der Waals surface area contributed by atoms with Crippen LogP contribution in [-0.2, 0) is 22.2 Å². The lowest BCUT2D eigenvalue weighted by molar-refractivity contribution is -0.138. The van der Waals surface area contributed by atoms with Crippen molar-refractivity contribution < 1.29 is 32.6 Å². The highest BCUT2D eigenvalue weighted by Gasteiger charge is 2.32. The van der Waals surface area contributed by atoms with Crippen LogP contribution in [-0.4, -0.2) is 30.0 Å². The number of carbonyl (C=O) groups is 2. The molecule has 0 amide bonds.